The van der Waals surface area contributed by atoms with E-state index >= 15 is 0 Å². The van der Waals surface area contributed by atoms with Gasteiger partial charge in [-0.1, -0.05) is 0 Å². The summed E-state index contributed by atoms with van der Waals surface area (Å²) in [7, 11) is 0. The second kappa shape index (κ2) is 6.32. The minimum atomic E-state index is 0.284. The largest absolute Gasteiger partial charge is 0.396 e. The SMILES string of the molecule is Cc1cc(NCCCCCO)ncn1. The minimum Gasteiger partial charge on any atom is -0.396 e. The van der Waals surface area contributed by atoms with Crippen LogP contribution in [0.15, 0.2) is 12.4 Å². The summed E-state index contributed by atoms with van der Waals surface area (Å²) in [6.07, 6.45) is 4.55. The van der Waals surface area contributed by atoms with Crippen LogP contribution in [0.3, 0.4) is 0 Å². The van der Waals surface area contributed by atoms with E-state index in [2.05, 4.69) is 15.3 Å². The quantitative estimate of drug-likeness (QED) is 0.673. The van der Waals surface area contributed by atoms with Gasteiger partial charge in [0.15, 0.2) is 0 Å². The molecule has 0 aliphatic carbocycles. The fraction of sp³-hybridized carbons (Fsp3) is 0.600. The average molecular weight is 195 g/mol. The molecule has 4 nitrogen and oxygen atoms in total. The maximum Gasteiger partial charge on any atom is 0.129 e. The van der Waals surface area contributed by atoms with E-state index < -0.39 is 0 Å². The van der Waals surface area contributed by atoms with Gasteiger partial charge in [-0.15, -0.1) is 0 Å². The molecule has 1 rings (SSSR count). The number of unbranched alkanes of at least 4 members (excludes halogenated alkanes) is 2. The fourth-order valence-electron chi connectivity index (χ4n) is 1.18. The predicted molar refractivity (Wildman–Crippen MR) is 56.2 cm³/mol. The van der Waals surface area contributed by atoms with Crippen LogP contribution in [-0.2, 0) is 0 Å². The molecule has 0 saturated carbocycles. The van der Waals surface area contributed by atoms with Crippen molar-refractivity contribution >= 4 is 5.82 Å². The summed E-state index contributed by atoms with van der Waals surface area (Å²) >= 11 is 0. The Kier molecular flexibility index (Phi) is 4.93. The molecule has 0 unspecified atom stereocenters. The van der Waals surface area contributed by atoms with Crippen LogP contribution in [0.2, 0.25) is 0 Å². The Hall–Kier alpha value is -1.16. The second-order valence-electron chi connectivity index (χ2n) is 3.26. The summed E-state index contributed by atoms with van der Waals surface area (Å²) in [5, 5.41) is 11.8. The summed E-state index contributed by atoms with van der Waals surface area (Å²) in [6, 6.07) is 1.92. The lowest BCUT2D eigenvalue weighted by molar-refractivity contribution is 0.283. The van der Waals surface area contributed by atoms with Gasteiger partial charge in [-0.2, -0.15) is 0 Å². The van der Waals surface area contributed by atoms with Crippen LogP contribution < -0.4 is 5.32 Å². The molecule has 0 radical (unpaired) electrons. The molecule has 1 heterocycles. The van der Waals surface area contributed by atoms with Crippen LogP contribution in [0, 0.1) is 6.92 Å². The standard InChI is InChI=1S/C10H17N3O/c1-9-7-10(13-8-12-9)11-5-3-2-4-6-14/h7-8,14H,2-6H2,1H3,(H,11,12,13). The molecular weight excluding hydrogens is 178 g/mol. The van der Waals surface area contributed by atoms with Gasteiger partial charge in [-0.25, -0.2) is 9.97 Å². The van der Waals surface area contributed by atoms with Crippen molar-refractivity contribution in [2.24, 2.45) is 0 Å². The van der Waals surface area contributed by atoms with Crippen molar-refractivity contribution < 1.29 is 5.11 Å². The van der Waals surface area contributed by atoms with Crippen molar-refractivity contribution in [1.29, 1.82) is 0 Å². The molecule has 78 valence electrons. The molecule has 1 aromatic heterocycles. The van der Waals surface area contributed by atoms with Crippen LogP contribution in [-0.4, -0.2) is 28.2 Å². The Morgan fingerprint density at radius 2 is 2.14 bits per heavy atom. The van der Waals surface area contributed by atoms with Crippen molar-refractivity contribution in [2.45, 2.75) is 26.2 Å². The van der Waals surface area contributed by atoms with Gasteiger partial charge < -0.3 is 10.4 Å². The number of aryl methyl sites for hydroxylation is 1. The lowest BCUT2D eigenvalue weighted by Gasteiger charge is -2.04. The average Bonchev–Trinajstić information content (AvgIpc) is 2.18. The van der Waals surface area contributed by atoms with Gasteiger partial charge in [0.05, 0.1) is 0 Å². The van der Waals surface area contributed by atoms with Crippen LogP contribution in [0.5, 0.6) is 0 Å². The number of aliphatic hydroxyl groups is 1. The highest BCUT2D eigenvalue weighted by molar-refractivity contribution is 5.33. The van der Waals surface area contributed by atoms with Crippen molar-refractivity contribution in [3.05, 3.63) is 18.1 Å². The first-order chi connectivity index (χ1) is 6.83. The topological polar surface area (TPSA) is 58.0 Å². The third-order valence-electron chi connectivity index (χ3n) is 1.94. The summed E-state index contributed by atoms with van der Waals surface area (Å²) in [4.78, 5) is 8.10. The van der Waals surface area contributed by atoms with Crippen molar-refractivity contribution in [1.82, 2.24) is 9.97 Å². The Balaban J connectivity index is 2.18. The summed E-state index contributed by atoms with van der Waals surface area (Å²) in [5.74, 6) is 0.876. The highest BCUT2D eigenvalue weighted by atomic mass is 16.2. The van der Waals surface area contributed by atoms with E-state index in [1.165, 1.54) is 0 Å². The zero-order valence-electron chi connectivity index (χ0n) is 8.53. The summed E-state index contributed by atoms with van der Waals surface area (Å²) < 4.78 is 0. The first-order valence-corrected chi connectivity index (χ1v) is 4.96. The molecule has 1 aromatic rings. The first kappa shape index (κ1) is 10.9. The first-order valence-electron chi connectivity index (χ1n) is 4.96. The van der Waals surface area contributed by atoms with Gasteiger partial charge in [0.1, 0.15) is 12.1 Å². The second-order valence-corrected chi connectivity index (χ2v) is 3.26. The number of nitrogens with one attached hydrogen (secondary N) is 1. The van der Waals surface area contributed by atoms with E-state index in [1.807, 2.05) is 13.0 Å². The molecule has 0 aromatic carbocycles. The van der Waals surface area contributed by atoms with E-state index in [-0.39, 0.29) is 6.61 Å². The lowest BCUT2D eigenvalue weighted by Crippen LogP contribution is -2.04. The number of anilines is 1. The number of aliphatic hydroxyl groups excluding tert-OH is 1. The van der Waals surface area contributed by atoms with E-state index in [0.717, 1.165) is 37.3 Å². The van der Waals surface area contributed by atoms with E-state index in [9.17, 15) is 0 Å². The van der Waals surface area contributed by atoms with Crippen LogP contribution in [0.25, 0.3) is 0 Å². The van der Waals surface area contributed by atoms with Gasteiger partial charge in [0, 0.05) is 24.9 Å². The van der Waals surface area contributed by atoms with Crippen LogP contribution >= 0.6 is 0 Å². The molecule has 0 bridgehead atoms. The normalized spacial score (nSPS) is 10.1. The number of hydrogen-bond acceptors (Lipinski definition) is 4. The van der Waals surface area contributed by atoms with Gasteiger partial charge in [-0.3, -0.25) is 0 Å². The maximum absolute atomic E-state index is 8.58. The molecule has 0 spiro atoms. The monoisotopic (exact) mass is 195 g/mol. The Labute approximate surface area is 84.4 Å². The molecule has 0 saturated heterocycles. The lowest BCUT2D eigenvalue weighted by atomic mass is 10.2. The van der Waals surface area contributed by atoms with Gasteiger partial charge >= 0.3 is 0 Å². The van der Waals surface area contributed by atoms with Crippen molar-refractivity contribution in [3.8, 4) is 0 Å². The third kappa shape index (κ3) is 4.18. The number of rotatable bonds is 6. The molecule has 0 atom stereocenters. The molecule has 4 heteroatoms. The zero-order chi connectivity index (χ0) is 10.2. The summed E-state index contributed by atoms with van der Waals surface area (Å²) in [5.41, 5.74) is 0.970. The van der Waals surface area contributed by atoms with Crippen molar-refractivity contribution in [2.75, 3.05) is 18.5 Å². The molecule has 2 N–H and O–H groups in total. The minimum absolute atomic E-state index is 0.284. The van der Waals surface area contributed by atoms with Gasteiger partial charge in [-0.05, 0) is 26.2 Å². The fourth-order valence-corrected chi connectivity index (χ4v) is 1.18. The maximum atomic E-state index is 8.58. The number of hydrogen-bond donors (Lipinski definition) is 2. The molecule has 14 heavy (non-hydrogen) atoms. The smallest absolute Gasteiger partial charge is 0.129 e. The van der Waals surface area contributed by atoms with Crippen LogP contribution in [0.4, 0.5) is 5.82 Å². The molecule has 0 amide bonds. The van der Waals surface area contributed by atoms with Gasteiger partial charge in [0.2, 0.25) is 0 Å². The Morgan fingerprint density at radius 3 is 2.86 bits per heavy atom. The molecule has 0 aliphatic heterocycles. The van der Waals surface area contributed by atoms with E-state index in [4.69, 9.17) is 5.11 Å². The number of nitrogens with zero attached hydrogens (tertiary/aromatic N) is 2. The summed E-state index contributed by atoms with van der Waals surface area (Å²) in [6.45, 7) is 3.13. The Bertz CT molecular complexity index is 265. The molecular formula is C10H17N3O. The highest BCUT2D eigenvalue weighted by Crippen LogP contribution is 2.03. The zero-order valence-corrected chi connectivity index (χ0v) is 8.53. The molecule has 0 aliphatic rings. The van der Waals surface area contributed by atoms with E-state index in [0.29, 0.717) is 0 Å². The molecule has 0 fully saturated rings. The predicted octanol–water partition coefficient (Wildman–Crippen LogP) is 1.36. The van der Waals surface area contributed by atoms with Gasteiger partial charge in [0.25, 0.3) is 0 Å². The van der Waals surface area contributed by atoms with Crippen LogP contribution in [0.1, 0.15) is 25.0 Å². The third-order valence-corrected chi connectivity index (χ3v) is 1.94. The van der Waals surface area contributed by atoms with Crippen molar-refractivity contribution in [3.63, 3.8) is 0 Å². The van der Waals surface area contributed by atoms with E-state index in [1.54, 1.807) is 6.33 Å². The Morgan fingerprint density at radius 1 is 1.29 bits per heavy atom. The number of aromatic nitrogens is 2. The highest BCUT2D eigenvalue weighted by Gasteiger charge is 1.93.